The van der Waals surface area contributed by atoms with Gasteiger partial charge in [-0.25, -0.2) is 9.97 Å². The fraction of sp³-hybridized carbons (Fsp3) is 0.100. The summed E-state index contributed by atoms with van der Waals surface area (Å²) in [5.41, 5.74) is 14.1. The summed E-state index contributed by atoms with van der Waals surface area (Å²) in [6.45, 7) is 2.71. The van der Waals surface area contributed by atoms with Gasteiger partial charge in [-0.15, -0.1) is 11.3 Å². The number of aromatic nitrogens is 8. The molecule has 0 aliphatic rings. The second-order valence-corrected chi connectivity index (χ2v) is 16.0. The number of anilines is 2. The van der Waals surface area contributed by atoms with Gasteiger partial charge in [0.05, 0.1) is 48.0 Å². The minimum Gasteiger partial charge on any atom is -0.481 e. The Hall–Kier alpha value is -8.03. The zero-order valence-corrected chi connectivity index (χ0v) is 35.4. The monoisotopic (exact) mass is 844 g/mol. The quantitative estimate of drug-likeness (QED) is 0.136. The van der Waals surface area contributed by atoms with E-state index in [2.05, 4.69) is 136 Å². The fourth-order valence-electron chi connectivity index (χ4n) is 7.80. The molecule has 0 saturated carbocycles. The SMILES string of the molecule is COc1ccc(C(Nc2cc(-c3ccc4scc(C)c4c3)c3nccnc3c2)c2cccnc2)cn1.Cn1ccc2ccc(-c3cc(NCc4cnco4)cc4nccnc34)cc21. The summed E-state index contributed by atoms with van der Waals surface area (Å²) in [5, 5.41) is 11.8. The number of ether oxygens (including phenoxy) is 1. The summed E-state index contributed by atoms with van der Waals surface area (Å²) >= 11 is 1.77. The minimum atomic E-state index is -0.166. The number of oxazole rings is 1. The van der Waals surface area contributed by atoms with Crippen molar-refractivity contribution < 1.29 is 9.15 Å². The average Bonchev–Trinajstić information content (AvgIpc) is 4.10. The van der Waals surface area contributed by atoms with E-state index in [9.17, 15) is 0 Å². The predicted molar refractivity (Wildman–Crippen MR) is 251 cm³/mol. The maximum atomic E-state index is 5.31. The summed E-state index contributed by atoms with van der Waals surface area (Å²) in [7, 11) is 3.67. The Bertz CT molecular complexity index is 3350. The molecule has 11 rings (SSSR count). The molecule has 308 valence electrons. The molecule has 7 heterocycles. The highest BCUT2D eigenvalue weighted by Gasteiger charge is 2.18. The maximum Gasteiger partial charge on any atom is 0.212 e. The van der Waals surface area contributed by atoms with Crippen molar-refractivity contribution in [3.8, 4) is 28.1 Å². The molecule has 0 radical (unpaired) electrons. The van der Waals surface area contributed by atoms with Crippen LogP contribution in [0.4, 0.5) is 11.4 Å². The summed E-state index contributed by atoms with van der Waals surface area (Å²) in [5.74, 6) is 1.35. The van der Waals surface area contributed by atoms with Crippen LogP contribution in [0.3, 0.4) is 0 Å². The molecule has 0 aliphatic carbocycles. The predicted octanol–water partition coefficient (Wildman–Crippen LogP) is 11.2. The number of rotatable bonds is 10. The number of aryl methyl sites for hydroxylation is 2. The Kier molecular flexibility index (Phi) is 10.7. The van der Waals surface area contributed by atoms with Gasteiger partial charge in [0.1, 0.15) is 5.76 Å². The van der Waals surface area contributed by atoms with E-state index in [1.54, 1.807) is 55.6 Å². The molecule has 1 unspecified atom stereocenters. The highest BCUT2D eigenvalue weighted by molar-refractivity contribution is 7.17. The van der Waals surface area contributed by atoms with Gasteiger partial charge in [-0.3, -0.25) is 24.9 Å². The highest BCUT2D eigenvalue weighted by Crippen LogP contribution is 2.37. The molecule has 11 aromatic rings. The van der Waals surface area contributed by atoms with Crippen molar-refractivity contribution in [2.24, 2.45) is 7.05 Å². The molecular formula is C50H40N10O2S. The van der Waals surface area contributed by atoms with E-state index >= 15 is 0 Å². The molecular weight excluding hydrogens is 805 g/mol. The second kappa shape index (κ2) is 17.1. The summed E-state index contributed by atoms with van der Waals surface area (Å²) in [6, 6.07) is 31.2. The Balaban J connectivity index is 0.000000156. The number of nitrogens with zero attached hydrogens (tertiary/aromatic N) is 8. The third kappa shape index (κ3) is 8.12. The lowest BCUT2D eigenvalue weighted by atomic mass is 9.98. The number of hydrogen-bond acceptors (Lipinski definition) is 12. The molecule has 2 N–H and O–H groups in total. The summed E-state index contributed by atoms with van der Waals surface area (Å²) < 4.78 is 14.0. The fourth-order valence-corrected chi connectivity index (χ4v) is 8.73. The number of hydrogen-bond donors (Lipinski definition) is 2. The standard InChI is InChI=1S/C29H23N5OS.C21H17N5O/c1-18-17-36-26-7-5-19(12-23(18)26)24-13-22(14-25-29(24)32-11-10-31-25)34-28(20-4-3-9-30-15-20)21-6-8-27(35-2)33-16-21;1-26-7-4-14-2-3-15(8-20(14)26)18-9-16(25-12-17-11-22-13-27-17)10-19-21(18)24-6-5-23-19/h3-17,28,34H,1-2H3;2-11,13,25H,12H2,1H3. The first kappa shape index (κ1) is 39.1. The van der Waals surface area contributed by atoms with Crippen LogP contribution in [-0.4, -0.2) is 46.6 Å². The lowest BCUT2D eigenvalue weighted by molar-refractivity contribution is 0.397. The van der Waals surface area contributed by atoms with Crippen molar-refractivity contribution in [1.29, 1.82) is 0 Å². The zero-order chi connectivity index (χ0) is 42.7. The minimum absolute atomic E-state index is 0.166. The van der Waals surface area contributed by atoms with E-state index in [1.165, 1.54) is 32.9 Å². The van der Waals surface area contributed by atoms with Gasteiger partial charge in [-0.05, 0) is 112 Å². The molecule has 0 aliphatic heterocycles. The number of methoxy groups -OCH3 is 1. The van der Waals surface area contributed by atoms with Crippen LogP contribution in [0.1, 0.15) is 28.5 Å². The molecule has 13 heteroatoms. The molecule has 63 heavy (non-hydrogen) atoms. The molecule has 1 atom stereocenters. The molecule has 0 spiro atoms. The number of thiophene rings is 1. The zero-order valence-electron chi connectivity index (χ0n) is 34.6. The smallest absolute Gasteiger partial charge is 0.212 e. The van der Waals surface area contributed by atoms with Gasteiger partial charge in [-0.2, -0.15) is 0 Å². The van der Waals surface area contributed by atoms with Crippen molar-refractivity contribution in [2.45, 2.75) is 19.5 Å². The van der Waals surface area contributed by atoms with Crippen molar-refractivity contribution in [1.82, 2.24) is 39.5 Å². The molecule has 7 aromatic heterocycles. The van der Waals surface area contributed by atoms with E-state index in [4.69, 9.17) is 9.15 Å². The summed E-state index contributed by atoms with van der Waals surface area (Å²) in [6.07, 6.45) is 17.6. The van der Waals surface area contributed by atoms with Gasteiger partial charge in [-0.1, -0.05) is 24.3 Å². The maximum absolute atomic E-state index is 5.31. The molecule has 0 amide bonds. The molecule has 0 bridgehead atoms. The van der Waals surface area contributed by atoms with E-state index < -0.39 is 0 Å². The highest BCUT2D eigenvalue weighted by atomic mass is 32.1. The van der Waals surface area contributed by atoms with Crippen LogP contribution in [0.15, 0.2) is 163 Å². The molecule has 12 nitrogen and oxygen atoms in total. The number of pyridine rings is 2. The van der Waals surface area contributed by atoms with Crippen LogP contribution in [0.2, 0.25) is 0 Å². The number of fused-ring (bicyclic) bond motifs is 4. The van der Waals surface area contributed by atoms with Crippen molar-refractivity contribution >= 4 is 65.8 Å². The first-order chi connectivity index (χ1) is 31.0. The molecule has 0 fully saturated rings. The van der Waals surface area contributed by atoms with Crippen LogP contribution < -0.4 is 15.4 Å². The van der Waals surface area contributed by atoms with Crippen molar-refractivity contribution in [2.75, 3.05) is 17.7 Å². The lowest BCUT2D eigenvalue weighted by Crippen LogP contribution is -2.13. The van der Waals surface area contributed by atoms with Gasteiger partial charge in [0, 0.05) is 95.4 Å². The molecule has 4 aromatic carbocycles. The first-order valence-corrected chi connectivity index (χ1v) is 21.2. The van der Waals surface area contributed by atoms with Gasteiger partial charge >= 0.3 is 0 Å². The van der Waals surface area contributed by atoms with E-state index in [0.29, 0.717) is 12.4 Å². The van der Waals surface area contributed by atoms with Gasteiger partial charge in [0.2, 0.25) is 5.88 Å². The Morgan fingerprint density at radius 2 is 1.46 bits per heavy atom. The topological polar surface area (TPSA) is 142 Å². The van der Waals surface area contributed by atoms with Crippen LogP contribution in [0.5, 0.6) is 5.88 Å². The first-order valence-electron chi connectivity index (χ1n) is 20.3. The van der Waals surface area contributed by atoms with Gasteiger partial charge < -0.3 is 24.4 Å². The largest absolute Gasteiger partial charge is 0.481 e. The Morgan fingerprint density at radius 1 is 0.714 bits per heavy atom. The van der Waals surface area contributed by atoms with E-state index in [0.717, 1.165) is 72.6 Å². The van der Waals surface area contributed by atoms with Gasteiger partial charge in [0.25, 0.3) is 0 Å². The van der Waals surface area contributed by atoms with E-state index in [-0.39, 0.29) is 6.04 Å². The number of benzene rings is 4. The summed E-state index contributed by atoms with van der Waals surface area (Å²) in [4.78, 5) is 31.1. The van der Waals surface area contributed by atoms with Crippen LogP contribution >= 0.6 is 11.3 Å². The molecule has 0 saturated heterocycles. The average molecular weight is 845 g/mol. The second-order valence-electron chi connectivity index (χ2n) is 15.0. The van der Waals surface area contributed by atoms with Crippen molar-refractivity contribution in [3.63, 3.8) is 0 Å². The third-order valence-corrected chi connectivity index (χ3v) is 12.1. The van der Waals surface area contributed by atoms with E-state index in [1.807, 2.05) is 42.7 Å². The third-order valence-electron chi connectivity index (χ3n) is 11.0. The Morgan fingerprint density at radius 3 is 2.19 bits per heavy atom. The van der Waals surface area contributed by atoms with Crippen LogP contribution in [0.25, 0.3) is 65.3 Å². The van der Waals surface area contributed by atoms with Gasteiger partial charge in [0.15, 0.2) is 6.39 Å². The normalized spacial score (nSPS) is 11.7. The van der Waals surface area contributed by atoms with Crippen molar-refractivity contribution in [3.05, 3.63) is 181 Å². The Labute approximate surface area is 366 Å². The van der Waals surface area contributed by atoms with Crippen LogP contribution in [0, 0.1) is 6.92 Å². The lowest BCUT2D eigenvalue weighted by Gasteiger charge is -2.21. The van der Waals surface area contributed by atoms with Crippen LogP contribution in [-0.2, 0) is 13.6 Å². The number of nitrogens with one attached hydrogen (secondary N) is 2.